The van der Waals surface area contributed by atoms with E-state index in [1.54, 1.807) is 0 Å². The minimum atomic E-state index is -0.175. The van der Waals surface area contributed by atoms with Gasteiger partial charge in [-0.1, -0.05) is 30.3 Å². The summed E-state index contributed by atoms with van der Waals surface area (Å²) in [6.07, 6.45) is 2.77. The van der Waals surface area contributed by atoms with E-state index in [9.17, 15) is 4.79 Å². The zero-order valence-electron chi connectivity index (χ0n) is 12.3. The Morgan fingerprint density at radius 2 is 1.95 bits per heavy atom. The van der Waals surface area contributed by atoms with Crippen molar-refractivity contribution >= 4 is 5.97 Å². The number of ether oxygens (including phenoxy) is 1. The van der Waals surface area contributed by atoms with E-state index in [2.05, 4.69) is 17.0 Å². The molecule has 0 fully saturated rings. The van der Waals surface area contributed by atoms with Crippen LogP contribution in [0.2, 0.25) is 0 Å². The van der Waals surface area contributed by atoms with Crippen molar-refractivity contribution in [1.29, 1.82) is 0 Å². The molecule has 4 nitrogen and oxygen atoms in total. The average Bonchev–Trinajstić information content (AvgIpc) is 2.45. The lowest BCUT2D eigenvalue weighted by Gasteiger charge is -2.21. The second kappa shape index (κ2) is 10.4. The first-order valence-electron chi connectivity index (χ1n) is 7.29. The number of hydrogen-bond donors (Lipinski definition) is 1. The summed E-state index contributed by atoms with van der Waals surface area (Å²) in [6, 6.07) is 10.1. The molecule has 0 amide bonds. The molecule has 0 saturated carbocycles. The third kappa shape index (κ3) is 7.26. The van der Waals surface area contributed by atoms with Crippen LogP contribution in [0.5, 0.6) is 0 Å². The molecule has 112 valence electrons. The first-order chi connectivity index (χ1) is 9.76. The molecule has 20 heavy (non-hydrogen) atoms. The van der Waals surface area contributed by atoms with Gasteiger partial charge in [-0.05, 0) is 38.3 Å². The van der Waals surface area contributed by atoms with Gasteiger partial charge in [-0.15, -0.1) is 0 Å². The Bertz CT molecular complexity index is 367. The molecule has 0 unspecified atom stereocenters. The highest BCUT2D eigenvalue weighted by Crippen LogP contribution is 2.07. The number of esters is 1. The van der Waals surface area contributed by atoms with Crippen LogP contribution in [0.4, 0.5) is 0 Å². The molecular formula is C16H25NO3. The molecule has 1 N–H and O–H groups in total. The van der Waals surface area contributed by atoms with Gasteiger partial charge in [0.25, 0.3) is 0 Å². The van der Waals surface area contributed by atoms with Crippen molar-refractivity contribution in [3.63, 3.8) is 0 Å². The van der Waals surface area contributed by atoms with Gasteiger partial charge in [0.15, 0.2) is 0 Å². The van der Waals surface area contributed by atoms with E-state index in [4.69, 9.17) is 9.84 Å². The number of carbonyl (C=O) groups is 1. The minimum Gasteiger partial charge on any atom is -0.465 e. The van der Waals surface area contributed by atoms with Gasteiger partial charge < -0.3 is 9.84 Å². The maximum atomic E-state index is 11.6. The zero-order valence-corrected chi connectivity index (χ0v) is 12.3. The van der Waals surface area contributed by atoms with E-state index in [0.29, 0.717) is 13.2 Å². The third-order valence-electron chi connectivity index (χ3n) is 3.04. The SMILES string of the molecule is CCOC(=O)CN(CCCCCO)Cc1ccccc1. The summed E-state index contributed by atoms with van der Waals surface area (Å²) >= 11 is 0. The highest BCUT2D eigenvalue weighted by molar-refractivity contribution is 5.71. The number of carbonyl (C=O) groups excluding carboxylic acids is 1. The van der Waals surface area contributed by atoms with Gasteiger partial charge in [0, 0.05) is 13.2 Å². The largest absolute Gasteiger partial charge is 0.465 e. The normalized spacial score (nSPS) is 10.8. The fourth-order valence-electron chi connectivity index (χ4n) is 2.07. The highest BCUT2D eigenvalue weighted by Gasteiger charge is 2.11. The quantitative estimate of drug-likeness (QED) is 0.527. The molecule has 0 aromatic heterocycles. The Balaban J connectivity index is 2.47. The molecule has 1 aromatic carbocycles. The molecule has 0 aliphatic carbocycles. The summed E-state index contributed by atoms with van der Waals surface area (Å²) in [5.41, 5.74) is 1.19. The topological polar surface area (TPSA) is 49.8 Å². The van der Waals surface area contributed by atoms with Crippen LogP contribution in [-0.2, 0) is 16.1 Å². The lowest BCUT2D eigenvalue weighted by atomic mass is 10.2. The van der Waals surface area contributed by atoms with Crippen LogP contribution in [0.1, 0.15) is 31.7 Å². The van der Waals surface area contributed by atoms with Gasteiger partial charge in [0.1, 0.15) is 0 Å². The Morgan fingerprint density at radius 1 is 1.20 bits per heavy atom. The molecule has 0 heterocycles. The van der Waals surface area contributed by atoms with Crippen LogP contribution in [0.15, 0.2) is 30.3 Å². The average molecular weight is 279 g/mol. The molecule has 0 aliphatic rings. The van der Waals surface area contributed by atoms with Gasteiger partial charge in [-0.3, -0.25) is 9.69 Å². The number of nitrogens with zero attached hydrogens (tertiary/aromatic N) is 1. The van der Waals surface area contributed by atoms with Crippen LogP contribution in [0, 0.1) is 0 Å². The van der Waals surface area contributed by atoms with Crippen molar-refractivity contribution in [1.82, 2.24) is 4.90 Å². The highest BCUT2D eigenvalue weighted by atomic mass is 16.5. The van der Waals surface area contributed by atoms with Crippen molar-refractivity contribution < 1.29 is 14.6 Å². The molecule has 0 saturated heterocycles. The van der Waals surface area contributed by atoms with Crippen LogP contribution >= 0.6 is 0 Å². The monoisotopic (exact) mass is 279 g/mol. The molecule has 0 atom stereocenters. The minimum absolute atomic E-state index is 0.175. The maximum absolute atomic E-state index is 11.6. The van der Waals surface area contributed by atoms with Gasteiger partial charge in [-0.2, -0.15) is 0 Å². The molecule has 1 aromatic rings. The molecular weight excluding hydrogens is 254 g/mol. The number of hydrogen-bond acceptors (Lipinski definition) is 4. The van der Waals surface area contributed by atoms with Gasteiger partial charge in [-0.25, -0.2) is 0 Å². The summed E-state index contributed by atoms with van der Waals surface area (Å²) in [5, 5.41) is 8.79. The number of aliphatic hydroxyl groups excluding tert-OH is 1. The molecule has 0 spiro atoms. The van der Waals surface area contributed by atoms with Crippen molar-refractivity contribution in [3.8, 4) is 0 Å². The zero-order chi connectivity index (χ0) is 14.6. The predicted octanol–water partition coefficient (Wildman–Crippen LogP) is 2.21. The summed E-state index contributed by atoms with van der Waals surface area (Å²) in [7, 11) is 0. The fraction of sp³-hybridized carbons (Fsp3) is 0.562. The number of benzene rings is 1. The second-order valence-electron chi connectivity index (χ2n) is 4.79. The first kappa shape index (κ1) is 16.7. The van der Waals surface area contributed by atoms with E-state index < -0.39 is 0 Å². The lowest BCUT2D eigenvalue weighted by molar-refractivity contribution is -0.144. The molecule has 0 bridgehead atoms. The van der Waals surface area contributed by atoms with Crippen molar-refractivity contribution in [2.24, 2.45) is 0 Å². The van der Waals surface area contributed by atoms with E-state index in [1.807, 2.05) is 25.1 Å². The maximum Gasteiger partial charge on any atom is 0.320 e. The van der Waals surface area contributed by atoms with Gasteiger partial charge in [0.2, 0.25) is 0 Å². The number of unbranched alkanes of at least 4 members (excludes halogenated alkanes) is 2. The van der Waals surface area contributed by atoms with Crippen LogP contribution in [-0.4, -0.2) is 42.3 Å². The molecule has 1 rings (SSSR count). The van der Waals surface area contributed by atoms with Gasteiger partial charge in [0.05, 0.1) is 13.2 Å². The smallest absolute Gasteiger partial charge is 0.320 e. The van der Waals surface area contributed by atoms with Crippen molar-refractivity contribution in [2.45, 2.75) is 32.7 Å². The van der Waals surface area contributed by atoms with Crippen LogP contribution in [0.25, 0.3) is 0 Å². The van der Waals surface area contributed by atoms with Crippen molar-refractivity contribution in [3.05, 3.63) is 35.9 Å². The summed E-state index contributed by atoms with van der Waals surface area (Å²) in [5.74, 6) is -0.175. The van der Waals surface area contributed by atoms with Gasteiger partial charge >= 0.3 is 5.97 Å². The number of aliphatic hydroxyl groups is 1. The number of rotatable bonds is 10. The Hall–Kier alpha value is -1.39. The predicted molar refractivity (Wildman–Crippen MR) is 79.3 cm³/mol. The standard InChI is InChI=1S/C16H25NO3/c1-2-20-16(19)14-17(11-7-4-8-12-18)13-15-9-5-3-6-10-15/h3,5-6,9-10,18H,2,4,7-8,11-14H2,1H3. The molecule has 0 radical (unpaired) electrons. The summed E-state index contributed by atoms with van der Waals surface area (Å²) < 4.78 is 5.02. The summed E-state index contributed by atoms with van der Waals surface area (Å²) in [6.45, 7) is 4.38. The van der Waals surface area contributed by atoms with Crippen molar-refractivity contribution in [2.75, 3.05) is 26.3 Å². The first-order valence-corrected chi connectivity index (χ1v) is 7.29. The van der Waals surface area contributed by atoms with E-state index in [0.717, 1.165) is 32.4 Å². The van der Waals surface area contributed by atoms with E-state index in [-0.39, 0.29) is 12.6 Å². The molecule has 0 aliphatic heterocycles. The second-order valence-corrected chi connectivity index (χ2v) is 4.79. The lowest BCUT2D eigenvalue weighted by Crippen LogP contribution is -2.31. The van der Waals surface area contributed by atoms with E-state index in [1.165, 1.54) is 5.56 Å². The van der Waals surface area contributed by atoms with Crippen LogP contribution in [0.3, 0.4) is 0 Å². The Morgan fingerprint density at radius 3 is 2.60 bits per heavy atom. The third-order valence-corrected chi connectivity index (χ3v) is 3.04. The van der Waals surface area contributed by atoms with Crippen LogP contribution < -0.4 is 0 Å². The molecule has 4 heteroatoms. The Kier molecular flexibility index (Phi) is 8.67. The van der Waals surface area contributed by atoms with E-state index >= 15 is 0 Å². The Labute approximate surface area is 121 Å². The fourth-order valence-corrected chi connectivity index (χ4v) is 2.07. The summed E-state index contributed by atoms with van der Waals surface area (Å²) in [4.78, 5) is 13.7.